The number of rotatable bonds is 5. The molecule has 3 aromatic rings. The van der Waals surface area contributed by atoms with E-state index in [1.807, 2.05) is 37.3 Å². The van der Waals surface area contributed by atoms with E-state index >= 15 is 0 Å². The largest absolute Gasteiger partial charge is 0.453 e. The van der Waals surface area contributed by atoms with Crippen LogP contribution in [0.2, 0.25) is 0 Å². The van der Waals surface area contributed by atoms with E-state index in [9.17, 15) is 4.39 Å². The van der Waals surface area contributed by atoms with Gasteiger partial charge >= 0.3 is 0 Å². The Labute approximate surface area is 149 Å². The van der Waals surface area contributed by atoms with Crippen LogP contribution in [0.15, 0.2) is 40.8 Å². The summed E-state index contributed by atoms with van der Waals surface area (Å²) in [5.41, 5.74) is 2.08. The van der Waals surface area contributed by atoms with E-state index < -0.39 is 5.47 Å². The SMILES string of the molecule is BC(B)(F)c1ccccc1-c1ccc(-c2nc(C)c(CC(C)C)[nH]2)o1. The molecule has 2 aromatic heterocycles. The molecule has 1 aromatic carbocycles. The minimum atomic E-state index is -1.44. The molecule has 0 saturated carbocycles. The summed E-state index contributed by atoms with van der Waals surface area (Å²) in [6.07, 6.45) is 0.950. The highest BCUT2D eigenvalue weighted by atomic mass is 19.1. The highest BCUT2D eigenvalue weighted by Gasteiger charge is 2.24. The normalized spacial score (nSPS) is 12.0. The van der Waals surface area contributed by atoms with Gasteiger partial charge in [0.2, 0.25) is 0 Å². The summed E-state index contributed by atoms with van der Waals surface area (Å²) in [5, 5.41) is 0. The Bertz CT molecular complexity index is 878. The highest BCUT2D eigenvalue weighted by molar-refractivity contribution is 6.39. The quantitative estimate of drug-likeness (QED) is 0.727. The second kappa shape index (κ2) is 6.58. The Balaban J connectivity index is 1.97. The van der Waals surface area contributed by atoms with Crippen molar-refractivity contribution in [2.45, 2.75) is 32.7 Å². The van der Waals surface area contributed by atoms with Crippen LogP contribution in [0.1, 0.15) is 30.8 Å². The van der Waals surface area contributed by atoms with Crippen LogP contribution >= 0.6 is 0 Å². The van der Waals surface area contributed by atoms with E-state index in [4.69, 9.17) is 4.42 Å². The summed E-state index contributed by atoms with van der Waals surface area (Å²) in [6, 6.07) is 11.2. The van der Waals surface area contributed by atoms with Gasteiger partial charge in [-0.1, -0.05) is 38.1 Å². The number of H-pyrrole nitrogens is 1. The van der Waals surface area contributed by atoms with Crippen molar-refractivity contribution in [2.75, 3.05) is 0 Å². The molecule has 6 heteroatoms. The molecule has 0 aliphatic rings. The number of nitrogens with one attached hydrogen (secondary N) is 1. The first-order valence-corrected chi connectivity index (χ1v) is 8.70. The molecule has 0 spiro atoms. The van der Waals surface area contributed by atoms with Crippen molar-refractivity contribution in [1.82, 2.24) is 9.97 Å². The van der Waals surface area contributed by atoms with Gasteiger partial charge in [0.25, 0.3) is 0 Å². The molecule has 0 unspecified atom stereocenters. The van der Waals surface area contributed by atoms with Crippen LogP contribution in [-0.4, -0.2) is 25.7 Å². The fourth-order valence-electron chi connectivity index (χ4n) is 3.05. The van der Waals surface area contributed by atoms with Crippen LogP contribution in [0.3, 0.4) is 0 Å². The fourth-order valence-corrected chi connectivity index (χ4v) is 3.05. The first-order valence-electron chi connectivity index (χ1n) is 8.70. The number of benzene rings is 1. The van der Waals surface area contributed by atoms with Crippen molar-refractivity contribution < 1.29 is 8.81 Å². The van der Waals surface area contributed by atoms with E-state index in [0.717, 1.165) is 29.2 Å². The van der Waals surface area contributed by atoms with Crippen LogP contribution in [0.5, 0.6) is 0 Å². The maximum absolute atomic E-state index is 14.5. The van der Waals surface area contributed by atoms with Gasteiger partial charge in [0.05, 0.1) is 11.2 Å². The topological polar surface area (TPSA) is 41.8 Å². The van der Waals surface area contributed by atoms with Crippen molar-refractivity contribution in [3.05, 3.63) is 53.3 Å². The third-order valence-corrected chi connectivity index (χ3v) is 4.27. The zero-order valence-electron chi connectivity index (χ0n) is 15.5. The van der Waals surface area contributed by atoms with Gasteiger partial charge in [0.1, 0.15) is 21.5 Å². The van der Waals surface area contributed by atoms with Crippen molar-refractivity contribution in [1.29, 1.82) is 0 Å². The maximum atomic E-state index is 14.5. The van der Waals surface area contributed by atoms with Crippen LogP contribution in [-0.2, 0) is 11.9 Å². The fraction of sp³-hybridized carbons (Fsp3) is 0.316. The third-order valence-electron chi connectivity index (χ3n) is 4.27. The van der Waals surface area contributed by atoms with Crippen molar-refractivity contribution in [3.8, 4) is 22.9 Å². The van der Waals surface area contributed by atoms with E-state index in [1.165, 1.54) is 0 Å². The molecule has 0 aliphatic heterocycles. The van der Waals surface area contributed by atoms with Crippen LogP contribution in [0.25, 0.3) is 22.9 Å². The number of imidazole rings is 1. The van der Waals surface area contributed by atoms with Crippen LogP contribution in [0.4, 0.5) is 4.39 Å². The first-order chi connectivity index (χ1) is 11.8. The van der Waals surface area contributed by atoms with Crippen molar-refractivity contribution >= 4 is 15.7 Å². The number of furan rings is 1. The molecular weight excluding hydrogens is 313 g/mol. The molecule has 3 rings (SSSR count). The molecule has 0 aliphatic carbocycles. The lowest BCUT2D eigenvalue weighted by Crippen LogP contribution is -2.20. The predicted molar refractivity (Wildman–Crippen MR) is 105 cm³/mol. The smallest absolute Gasteiger partial charge is 0.174 e. The Morgan fingerprint density at radius 3 is 2.52 bits per heavy atom. The molecule has 0 fully saturated rings. The summed E-state index contributed by atoms with van der Waals surface area (Å²) in [7, 11) is 3.12. The minimum Gasteiger partial charge on any atom is -0.453 e. The van der Waals surface area contributed by atoms with Gasteiger partial charge in [0.15, 0.2) is 11.6 Å². The summed E-state index contributed by atoms with van der Waals surface area (Å²) >= 11 is 0. The van der Waals surface area contributed by atoms with Crippen LogP contribution < -0.4 is 0 Å². The van der Waals surface area contributed by atoms with Crippen molar-refractivity contribution in [3.63, 3.8) is 0 Å². The zero-order chi connectivity index (χ0) is 18.2. The second-order valence-corrected chi connectivity index (χ2v) is 7.43. The molecule has 3 nitrogen and oxygen atoms in total. The van der Waals surface area contributed by atoms with E-state index in [0.29, 0.717) is 23.0 Å². The van der Waals surface area contributed by atoms with Gasteiger partial charge in [-0.25, -0.2) is 4.98 Å². The number of hydrogen-bond donors (Lipinski definition) is 1. The maximum Gasteiger partial charge on any atom is 0.174 e. The molecule has 1 N–H and O–H groups in total. The average molecular weight is 336 g/mol. The second-order valence-electron chi connectivity index (χ2n) is 7.43. The Morgan fingerprint density at radius 1 is 1.16 bits per heavy atom. The minimum absolute atomic E-state index is 0.554. The first kappa shape index (κ1) is 17.6. The molecule has 25 heavy (non-hydrogen) atoms. The molecule has 0 bridgehead atoms. The van der Waals surface area contributed by atoms with Gasteiger partial charge in [-0.2, -0.15) is 0 Å². The highest BCUT2D eigenvalue weighted by Crippen LogP contribution is 2.34. The van der Waals surface area contributed by atoms with Gasteiger partial charge in [-0.15, -0.1) is 0 Å². The van der Waals surface area contributed by atoms with Gasteiger partial charge < -0.3 is 9.40 Å². The van der Waals surface area contributed by atoms with Crippen molar-refractivity contribution in [2.24, 2.45) is 5.92 Å². The lowest BCUT2D eigenvalue weighted by molar-refractivity contribution is 0.403. The molecule has 2 heterocycles. The van der Waals surface area contributed by atoms with Crippen LogP contribution in [0, 0.1) is 12.8 Å². The Morgan fingerprint density at radius 2 is 1.84 bits per heavy atom. The summed E-state index contributed by atoms with van der Waals surface area (Å²) in [5.74, 6) is 2.59. The standard InChI is InChI=1S/C19H23B2FN2O/c1-11(2)10-15-12(3)23-18(24-15)17-9-8-16(25-17)13-6-4-5-7-14(13)19(20,21)22/h4-9,11H,10,20-21H2,1-3H3,(H,23,24). The molecule has 0 saturated heterocycles. The number of halogens is 1. The van der Waals surface area contributed by atoms with E-state index in [1.54, 1.807) is 21.8 Å². The number of aromatic amines is 1. The molecule has 0 atom stereocenters. The zero-order valence-corrected chi connectivity index (χ0v) is 15.5. The molecule has 0 radical (unpaired) electrons. The summed E-state index contributed by atoms with van der Waals surface area (Å²) < 4.78 is 20.5. The third kappa shape index (κ3) is 3.73. The predicted octanol–water partition coefficient (Wildman–Crippen LogP) is 3.19. The molecular formula is C19H23B2FN2O. The Hall–Kier alpha value is -2.23. The average Bonchev–Trinajstić information content (AvgIpc) is 3.14. The van der Waals surface area contributed by atoms with E-state index in [-0.39, 0.29) is 0 Å². The number of nitrogens with zero attached hydrogens (tertiary/aromatic N) is 1. The molecule has 0 amide bonds. The summed E-state index contributed by atoms with van der Waals surface area (Å²) in [6.45, 7) is 6.36. The summed E-state index contributed by atoms with van der Waals surface area (Å²) in [4.78, 5) is 7.95. The van der Waals surface area contributed by atoms with Gasteiger partial charge in [0, 0.05) is 11.3 Å². The van der Waals surface area contributed by atoms with Gasteiger partial charge in [-0.05, 0) is 37.0 Å². The molecule has 128 valence electrons. The number of aromatic nitrogens is 2. The monoisotopic (exact) mass is 336 g/mol. The van der Waals surface area contributed by atoms with Gasteiger partial charge in [-0.3, -0.25) is 4.39 Å². The Kier molecular flexibility index (Phi) is 4.63. The number of alkyl halides is 1. The lowest BCUT2D eigenvalue weighted by atomic mass is 9.62. The lowest BCUT2D eigenvalue weighted by Gasteiger charge is -2.18. The number of hydrogen-bond acceptors (Lipinski definition) is 2. The number of aryl methyl sites for hydroxylation is 1. The van der Waals surface area contributed by atoms with E-state index in [2.05, 4.69) is 23.8 Å².